The maximum absolute atomic E-state index is 3.90. The number of nitrogens with zero attached hydrogens (tertiary/aromatic N) is 2. The predicted octanol–water partition coefficient (Wildman–Crippen LogP) is 4.91. The Bertz CT molecular complexity index is 639. The molecule has 0 bridgehead atoms. The molecular weight excluding hydrogens is 306 g/mol. The van der Waals surface area contributed by atoms with Crippen molar-refractivity contribution < 1.29 is 0 Å². The summed E-state index contributed by atoms with van der Waals surface area (Å²) in [7, 11) is 6.12. The van der Waals surface area contributed by atoms with Gasteiger partial charge in [0.1, 0.15) is 5.82 Å². The molecule has 1 aromatic rings. The Hall–Kier alpha value is -2.42. The Morgan fingerprint density at radius 1 is 1.24 bits per heavy atom. The summed E-state index contributed by atoms with van der Waals surface area (Å²) < 4.78 is 0. The molecule has 1 aromatic carbocycles. The van der Waals surface area contributed by atoms with Gasteiger partial charge in [0, 0.05) is 39.9 Å². The normalized spacial score (nSPS) is 11.9. The predicted molar refractivity (Wildman–Crippen MR) is 113 cm³/mol. The van der Waals surface area contributed by atoms with Crippen molar-refractivity contribution in [3.63, 3.8) is 0 Å². The van der Waals surface area contributed by atoms with Crippen molar-refractivity contribution in [3.8, 4) is 0 Å². The van der Waals surface area contributed by atoms with Gasteiger partial charge in [-0.05, 0) is 55.2 Å². The van der Waals surface area contributed by atoms with Gasteiger partial charge in [0.05, 0.1) is 0 Å². The van der Waals surface area contributed by atoms with Crippen LogP contribution < -0.4 is 5.32 Å². The van der Waals surface area contributed by atoms with E-state index in [-0.39, 0.29) is 0 Å². The Morgan fingerprint density at radius 2 is 1.96 bits per heavy atom. The first-order valence-corrected chi connectivity index (χ1v) is 8.84. The van der Waals surface area contributed by atoms with E-state index in [2.05, 4.69) is 86.6 Å². The topological polar surface area (TPSA) is 18.5 Å². The van der Waals surface area contributed by atoms with Crippen molar-refractivity contribution in [1.82, 2.24) is 9.80 Å². The molecule has 0 fully saturated rings. The standard InChI is InChI=1S/C22H33N3/c1-8-11-15-25(10-3)22(24(6)7)16-19(12-9-2)21-17-20(23-5)14-13-18(21)4/h8-9,12-14,16-17,23H,1-2,10-11,15H2,3-7H3/b19-12+,22-16+. The van der Waals surface area contributed by atoms with Gasteiger partial charge in [-0.25, -0.2) is 0 Å². The van der Waals surface area contributed by atoms with Crippen molar-refractivity contribution in [2.24, 2.45) is 0 Å². The lowest BCUT2D eigenvalue weighted by Crippen LogP contribution is -2.32. The molecule has 0 aliphatic carbocycles. The van der Waals surface area contributed by atoms with Gasteiger partial charge in [0.2, 0.25) is 0 Å². The lowest BCUT2D eigenvalue weighted by molar-refractivity contribution is 0.271. The summed E-state index contributed by atoms with van der Waals surface area (Å²) >= 11 is 0. The van der Waals surface area contributed by atoms with Crippen LogP contribution in [0.3, 0.4) is 0 Å². The highest BCUT2D eigenvalue weighted by Gasteiger charge is 2.12. The second-order valence-corrected chi connectivity index (χ2v) is 6.19. The third kappa shape index (κ3) is 5.86. The summed E-state index contributed by atoms with van der Waals surface area (Å²) in [5, 5.41) is 3.22. The Morgan fingerprint density at radius 3 is 2.48 bits per heavy atom. The summed E-state index contributed by atoms with van der Waals surface area (Å²) in [6.45, 7) is 14.0. The zero-order valence-corrected chi connectivity index (χ0v) is 16.5. The monoisotopic (exact) mass is 339 g/mol. The fourth-order valence-electron chi connectivity index (χ4n) is 2.76. The third-order valence-electron chi connectivity index (χ3n) is 4.19. The molecule has 136 valence electrons. The van der Waals surface area contributed by atoms with E-state index in [9.17, 15) is 0 Å². The molecular formula is C22H33N3. The van der Waals surface area contributed by atoms with Crippen LogP contribution in [-0.4, -0.2) is 44.0 Å². The largest absolute Gasteiger partial charge is 0.388 e. The van der Waals surface area contributed by atoms with Gasteiger partial charge in [-0.3, -0.25) is 0 Å². The van der Waals surface area contributed by atoms with Crippen molar-refractivity contribution in [1.29, 1.82) is 0 Å². The lowest BCUT2D eigenvalue weighted by atomic mass is 9.98. The van der Waals surface area contributed by atoms with E-state index in [1.807, 2.05) is 19.2 Å². The number of nitrogens with one attached hydrogen (secondary N) is 1. The van der Waals surface area contributed by atoms with Crippen LogP contribution in [0.15, 0.2) is 61.5 Å². The molecule has 3 heteroatoms. The number of benzene rings is 1. The highest BCUT2D eigenvalue weighted by molar-refractivity contribution is 5.79. The van der Waals surface area contributed by atoms with Crippen LogP contribution in [-0.2, 0) is 0 Å². The molecule has 0 aliphatic heterocycles. The minimum Gasteiger partial charge on any atom is -0.388 e. The molecule has 0 spiro atoms. The number of rotatable bonds is 10. The van der Waals surface area contributed by atoms with E-state index in [0.717, 1.165) is 30.8 Å². The number of hydrogen-bond donors (Lipinski definition) is 1. The zero-order chi connectivity index (χ0) is 18.8. The number of allylic oxidation sites excluding steroid dienone is 4. The van der Waals surface area contributed by atoms with Crippen LogP contribution in [0, 0.1) is 6.92 Å². The first-order chi connectivity index (χ1) is 12.0. The Kier molecular flexibility index (Phi) is 8.62. The van der Waals surface area contributed by atoms with E-state index >= 15 is 0 Å². The Balaban J connectivity index is 3.40. The van der Waals surface area contributed by atoms with E-state index in [0.29, 0.717) is 0 Å². The molecule has 0 unspecified atom stereocenters. The van der Waals surface area contributed by atoms with Crippen LogP contribution in [0.4, 0.5) is 5.69 Å². The van der Waals surface area contributed by atoms with Crippen LogP contribution in [0.25, 0.3) is 5.57 Å². The first-order valence-electron chi connectivity index (χ1n) is 8.84. The molecule has 25 heavy (non-hydrogen) atoms. The summed E-state index contributed by atoms with van der Waals surface area (Å²) in [5.74, 6) is 1.19. The quantitative estimate of drug-likeness (QED) is 0.483. The van der Waals surface area contributed by atoms with Crippen molar-refractivity contribution in [2.75, 3.05) is 39.5 Å². The summed E-state index contributed by atoms with van der Waals surface area (Å²) in [5.41, 5.74) is 4.72. The second kappa shape index (κ2) is 10.4. The Labute approximate surface area is 154 Å². The minimum atomic E-state index is 0.953. The van der Waals surface area contributed by atoms with Crippen molar-refractivity contribution >= 4 is 11.3 Å². The highest BCUT2D eigenvalue weighted by Crippen LogP contribution is 2.26. The minimum absolute atomic E-state index is 0.953. The molecule has 0 saturated heterocycles. The van der Waals surface area contributed by atoms with E-state index in [1.165, 1.54) is 16.9 Å². The van der Waals surface area contributed by atoms with Gasteiger partial charge in [-0.15, -0.1) is 6.58 Å². The van der Waals surface area contributed by atoms with Crippen LogP contribution >= 0.6 is 0 Å². The molecule has 0 saturated carbocycles. The van der Waals surface area contributed by atoms with E-state index in [4.69, 9.17) is 0 Å². The molecule has 0 atom stereocenters. The molecule has 0 heterocycles. The average Bonchev–Trinajstić information content (AvgIpc) is 2.60. The van der Waals surface area contributed by atoms with Crippen molar-refractivity contribution in [3.05, 3.63) is 72.6 Å². The van der Waals surface area contributed by atoms with Crippen molar-refractivity contribution in [2.45, 2.75) is 20.3 Å². The van der Waals surface area contributed by atoms with E-state index in [1.54, 1.807) is 0 Å². The zero-order valence-electron chi connectivity index (χ0n) is 16.5. The number of aryl methyl sites for hydroxylation is 1. The van der Waals surface area contributed by atoms with Gasteiger partial charge in [-0.1, -0.05) is 30.9 Å². The molecule has 1 N–H and O–H groups in total. The second-order valence-electron chi connectivity index (χ2n) is 6.19. The van der Waals surface area contributed by atoms with Gasteiger partial charge < -0.3 is 15.1 Å². The SMILES string of the molecule is C=C/C=C(\C=C(/N(C)C)N(CC)CCC=C)c1cc(NC)ccc1C. The number of hydrogen-bond acceptors (Lipinski definition) is 3. The smallest absolute Gasteiger partial charge is 0.104 e. The molecule has 0 aromatic heterocycles. The van der Waals surface area contributed by atoms with Crippen LogP contribution in [0.5, 0.6) is 0 Å². The fraction of sp³-hybridized carbons (Fsp3) is 0.364. The first kappa shape index (κ1) is 20.6. The summed E-state index contributed by atoms with van der Waals surface area (Å²) in [4.78, 5) is 4.54. The van der Waals surface area contributed by atoms with Gasteiger partial charge >= 0.3 is 0 Å². The van der Waals surface area contributed by atoms with E-state index < -0.39 is 0 Å². The molecule has 3 nitrogen and oxygen atoms in total. The number of anilines is 1. The molecule has 1 rings (SSSR count). The van der Waals surface area contributed by atoms with Gasteiger partial charge in [0.15, 0.2) is 0 Å². The third-order valence-corrected chi connectivity index (χ3v) is 4.19. The maximum Gasteiger partial charge on any atom is 0.104 e. The fourth-order valence-corrected chi connectivity index (χ4v) is 2.76. The van der Waals surface area contributed by atoms with Crippen LogP contribution in [0.1, 0.15) is 24.5 Å². The summed E-state index contributed by atoms with van der Waals surface area (Å²) in [6.07, 6.45) is 9.11. The summed E-state index contributed by atoms with van der Waals surface area (Å²) in [6, 6.07) is 6.44. The molecule has 0 amide bonds. The maximum atomic E-state index is 3.90. The van der Waals surface area contributed by atoms with Gasteiger partial charge in [0.25, 0.3) is 0 Å². The molecule has 0 aliphatic rings. The highest BCUT2D eigenvalue weighted by atomic mass is 15.3. The lowest BCUT2D eigenvalue weighted by Gasteiger charge is -2.31. The van der Waals surface area contributed by atoms with Crippen LogP contribution in [0.2, 0.25) is 0 Å². The van der Waals surface area contributed by atoms with Gasteiger partial charge in [-0.2, -0.15) is 0 Å². The average molecular weight is 340 g/mol. The molecule has 0 radical (unpaired) electrons.